The summed E-state index contributed by atoms with van der Waals surface area (Å²) in [5, 5.41) is 2.96. The molecule has 0 fully saturated rings. The second-order valence-electron chi connectivity index (χ2n) is 6.51. The molecule has 0 aliphatic carbocycles. The molecule has 0 saturated heterocycles. The highest BCUT2D eigenvalue weighted by atomic mass is 16.5. The summed E-state index contributed by atoms with van der Waals surface area (Å²) in [6, 6.07) is 23.8. The molecule has 1 amide bonds. The molecule has 4 nitrogen and oxygen atoms in total. The third-order valence-electron chi connectivity index (χ3n) is 4.57. The average molecular weight is 359 g/mol. The van der Waals surface area contributed by atoms with E-state index in [1.165, 1.54) is 0 Å². The molecule has 136 valence electrons. The highest BCUT2D eigenvalue weighted by molar-refractivity contribution is 5.96. The molecular weight excluding hydrogens is 338 g/mol. The highest BCUT2D eigenvalue weighted by Crippen LogP contribution is 2.39. The Morgan fingerprint density at radius 3 is 1.89 bits per heavy atom. The normalized spacial score (nSPS) is 12.8. The smallest absolute Gasteiger partial charge is 0.224 e. The molecule has 1 aliphatic rings. The molecule has 0 saturated carbocycles. The minimum absolute atomic E-state index is 0.00673. The third-order valence-corrected chi connectivity index (χ3v) is 4.57. The van der Waals surface area contributed by atoms with Gasteiger partial charge in [-0.05, 0) is 29.7 Å². The first-order valence-electron chi connectivity index (χ1n) is 9.09. The van der Waals surface area contributed by atoms with E-state index >= 15 is 0 Å². The van der Waals surface area contributed by atoms with E-state index < -0.39 is 0 Å². The summed E-state index contributed by atoms with van der Waals surface area (Å²) in [4.78, 5) is 11.9. The van der Waals surface area contributed by atoms with Crippen molar-refractivity contribution in [3.05, 3.63) is 89.5 Å². The number of hydrogen-bond acceptors (Lipinski definition) is 3. The van der Waals surface area contributed by atoms with Crippen LogP contribution in [0.4, 0.5) is 5.69 Å². The number of fused-ring (bicyclic) bond motifs is 1. The molecule has 27 heavy (non-hydrogen) atoms. The molecule has 0 atom stereocenters. The quantitative estimate of drug-likeness (QED) is 0.692. The Morgan fingerprint density at radius 1 is 0.704 bits per heavy atom. The molecule has 4 rings (SSSR count). The molecule has 1 heterocycles. The van der Waals surface area contributed by atoms with Crippen LogP contribution in [0.15, 0.2) is 72.8 Å². The van der Waals surface area contributed by atoms with E-state index in [0.29, 0.717) is 31.8 Å². The number of carbonyl (C=O) groups is 1. The number of amides is 1. The molecule has 1 aliphatic heterocycles. The molecular formula is C23H21NO3. The Kier molecular flexibility index (Phi) is 5.06. The van der Waals surface area contributed by atoms with Crippen molar-refractivity contribution in [3.63, 3.8) is 0 Å². The highest BCUT2D eigenvalue weighted by Gasteiger charge is 2.23. The van der Waals surface area contributed by atoms with Crippen molar-refractivity contribution in [2.24, 2.45) is 0 Å². The van der Waals surface area contributed by atoms with E-state index in [1.807, 2.05) is 72.8 Å². The predicted molar refractivity (Wildman–Crippen MR) is 105 cm³/mol. The zero-order valence-electron chi connectivity index (χ0n) is 15.0. The van der Waals surface area contributed by atoms with Gasteiger partial charge in [-0.15, -0.1) is 0 Å². The van der Waals surface area contributed by atoms with Crippen LogP contribution in [-0.2, 0) is 24.4 Å². The minimum atomic E-state index is 0.00673. The summed E-state index contributed by atoms with van der Waals surface area (Å²) in [6.45, 7) is 0.943. The molecule has 0 unspecified atom stereocenters. The lowest BCUT2D eigenvalue weighted by Crippen LogP contribution is -2.20. The fourth-order valence-corrected chi connectivity index (χ4v) is 3.16. The molecule has 3 aromatic rings. The van der Waals surface area contributed by atoms with Crippen LogP contribution in [0.5, 0.6) is 11.5 Å². The first-order chi connectivity index (χ1) is 13.3. The van der Waals surface area contributed by atoms with Crippen molar-refractivity contribution >= 4 is 11.6 Å². The van der Waals surface area contributed by atoms with Crippen LogP contribution in [0.25, 0.3) is 0 Å². The van der Waals surface area contributed by atoms with Crippen molar-refractivity contribution < 1.29 is 14.3 Å². The van der Waals surface area contributed by atoms with Crippen LogP contribution in [0.3, 0.4) is 0 Å². The van der Waals surface area contributed by atoms with Gasteiger partial charge in [-0.2, -0.15) is 0 Å². The van der Waals surface area contributed by atoms with E-state index in [4.69, 9.17) is 9.47 Å². The maximum atomic E-state index is 11.9. The summed E-state index contributed by atoms with van der Waals surface area (Å²) in [5.74, 6) is 1.47. The number of ether oxygens (including phenoxy) is 2. The van der Waals surface area contributed by atoms with Gasteiger partial charge in [-0.3, -0.25) is 4.79 Å². The van der Waals surface area contributed by atoms with Gasteiger partial charge in [0.2, 0.25) is 5.91 Å². The molecule has 4 heteroatoms. The minimum Gasteiger partial charge on any atom is -0.489 e. The van der Waals surface area contributed by atoms with Crippen LogP contribution in [-0.4, -0.2) is 5.91 Å². The zero-order chi connectivity index (χ0) is 18.5. The van der Waals surface area contributed by atoms with E-state index in [-0.39, 0.29) is 5.91 Å². The topological polar surface area (TPSA) is 47.6 Å². The number of nitrogens with one attached hydrogen (secondary N) is 1. The van der Waals surface area contributed by atoms with Gasteiger partial charge in [-0.25, -0.2) is 0 Å². The van der Waals surface area contributed by atoms with Crippen molar-refractivity contribution in [3.8, 4) is 11.5 Å². The van der Waals surface area contributed by atoms with Crippen molar-refractivity contribution in [1.82, 2.24) is 0 Å². The van der Waals surface area contributed by atoms with Crippen molar-refractivity contribution in [2.75, 3.05) is 5.32 Å². The summed E-state index contributed by atoms with van der Waals surface area (Å²) >= 11 is 0. The van der Waals surface area contributed by atoms with E-state index in [9.17, 15) is 4.79 Å². The predicted octanol–water partition coefficient (Wildman–Crippen LogP) is 4.73. The summed E-state index contributed by atoms with van der Waals surface area (Å²) in [7, 11) is 0. The van der Waals surface area contributed by atoms with Crippen LogP contribution < -0.4 is 14.8 Å². The van der Waals surface area contributed by atoms with Gasteiger partial charge in [-0.1, -0.05) is 60.7 Å². The van der Waals surface area contributed by atoms with E-state index in [1.54, 1.807) is 0 Å². The largest absolute Gasteiger partial charge is 0.489 e. The lowest BCUT2D eigenvalue weighted by atomic mass is 10.0. The molecule has 0 radical (unpaired) electrons. The third kappa shape index (κ3) is 4.11. The Morgan fingerprint density at radius 2 is 1.26 bits per heavy atom. The van der Waals surface area contributed by atoms with Crippen molar-refractivity contribution in [2.45, 2.75) is 26.1 Å². The van der Waals surface area contributed by atoms with Crippen molar-refractivity contribution in [1.29, 1.82) is 0 Å². The Bertz CT molecular complexity index is 923. The fraction of sp³-hybridized carbons (Fsp3) is 0.174. The summed E-state index contributed by atoms with van der Waals surface area (Å²) in [5.41, 5.74) is 3.91. The molecule has 1 N–H and O–H groups in total. The fourth-order valence-electron chi connectivity index (χ4n) is 3.16. The maximum absolute atomic E-state index is 11.9. The van der Waals surface area contributed by atoms with Crippen LogP contribution in [0.1, 0.15) is 23.1 Å². The summed E-state index contributed by atoms with van der Waals surface area (Å²) < 4.78 is 12.0. The van der Waals surface area contributed by atoms with E-state index in [0.717, 1.165) is 28.1 Å². The van der Waals surface area contributed by atoms with Gasteiger partial charge >= 0.3 is 0 Å². The number of rotatable bonds is 6. The maximum Gasteiger partial charge on any atom is 0.224 e. The van der Waals surface area contributed by atoms with Gasteiger partial charge < -0.3 is 14.8 Å². The molecule has 0 spiro atoms. The molecule has 3 aromatic carbocycles. The monoisotopic (exact) mass is 359 g/mol. The second-order valence-corrected chi connectivity index (χ2v) is 6.51. The zero-order valence-corrected chi connectivity index (χ0v) is 15.0. The standard InChI is InChI=1S/C23H21NO3/c25-22-14-11-19-20(26-15-17-7-3-1-4-8-17)12-13-21(23(19)24-22)27-16-18-9-5-2-6-10-18/h1-10,12-13H,11,14-16H2,(H,24,25). The lowest BCUT2D eigenvalue weighted by Gasteiger charge is -2.23. The van der Waals surface area contributed by atoms with Crippen LogP contribution in [0, 0.1) is 0 Å². The van der Waals surface area contributed by atoms with Gasteiger partial charge in [0.25, 0.3) is 0 Å². The number of anilines is 1. The van der Waals surface area contributed by atoms with Gasteiger partial charge in [0, 0.05) is 12.0 Å². The molecule has 0 bridgehead atoms. The first-order valence-corrected chi connectivity index (χ1v) is 9.09. The second kappa shape index (κ2) is 7.96. The Labute approximate surface area is 158 Å². The number of carbonyl (C=O) groups excluding carboxylic acids is 1. The first kappa shape index (κ1) is 17.2. The number of hydrogen-bond donors (Lipinski definition) is 1. The average Bonchev–Trinajstić information content (AvgIpc) is 2.72. The van der Waals surface area contributed by atoms with Gasteiger partial charge in [0.05, 0.1) is 5.69 Å². The van der Waals surface area contributed by atoms with Gasteiger partial charge in [0.15, 0.2) is 0 Å². The lowest BCUT2D eigenvalue weighted by molar-refractivity contribution is -0.116. The summed E-state index contributed by atoms with van der Waals surface area (Å²) in [6.07, 6.45) is 1.10. The Balaban J connectivity index is 1.55. The van der Waals surface area contributed by atoms with Crippen LogP contribution >= 0.6 is 0 Å². The SMILES string of the molecule is O=C1CCc2c(OCc3ccccc3)ccc(OCc3ccccc3)c2N1. The Hall–Kier alpha value is -3.27. The van der Waals surface area contributed by atoms with E-state index in [2.05, 4.69) is 5.32 Å². The van der Waals surface area contributed by atoms with Crippen LogP contribution in [0.2, 0.25) is 0 Å². The molecule has 0 aromatic heterocycles. The number of benzene rings is 3. The van der Waals surface area contributed by atoms with Gasteiger partial charge in [0.1, 0.15) is 24.7 Å².